The SMILES string of the molecule is CC(=O)NCC1C[C@H]2CC[C@@H](C1)N2CC(=O)NC(C)(C)C. The molecule has 0 saturated carbocycles. The summed E-state index contributed by atoms with van der Waals surface area (Å²) in [4.78, 5) is 25.5. The third kappa shape index (κ3) is 4.70. The summed E-state index contributed by atoms with van der Waals surface area (Å²) in [5.74, 6) is 0.738. The minimum Gasteiger partial charge on any atom is -0.356 e. The van der Waals surface area contributed by atoms with Crippen LogP contribution in [-0.2, 0) is 9.59 Å². The summed E-state index contributed by atoms with van der Waals surface area (Å²) in [6.07, 6.45) is 4.56. The molecule has 0 aromatic rings. The lowest BCUT2D eigenvalue weighted by Gasteiger charge is -2.39. The zero-order valence-electron chi connectivity index (χ0n) is 13.7. The van der Waals surface area contributed by atoms with Crippen molar-refractivity contribution in [2.45, 2.75) is 71.0 Å². The lowest BCUT2D eigenvalue weighted by Crippen LogP contribution is -2.51. The van der Waals surface area contributed by atoms with E-state index in [0.717, 1.165) is 19.4 Å². The van der Waals surface area contributed by atoms with Crippen LogP contribution in [0.2, 0.25) is 0 Å². The second-order valence-corrected chi connectivity index (χ2v) is 7.63. The molecule has 3 atom stereocenters. The second kappa shape index (κ2) is 6.34. The normalized spacial score (nSPS) is 29.2. The molecule has 0 spiro atoms. The molecule has 1 unspecified atom stereocenters. The maximum absolute atomic E-state index is 12.1. The van der Waals surface area contributed by atoms with Crippen molar-refractivity contribution < 1.29 is 9.59 Å². The molecule has 2 amide bonds. The number of hydrogen-bond donors (Lipinski definition) is 2. The first kappa shape index (κ1) is 16.3. The van der Waals surface area contributed by atoms with Crippen molar-refractivity contribution in [2.24, 2.45) is 5.92 Å². The quantitative estimate of drug-likeness (QED) is 0.821. The summed E-state index contributed by atoms with van der Waals surface area (Å²) < 4.78 is 0. The maximum atomic E-state index is 12.1. The van der Waals surface area contributed by atoms with Gasteiger partial charge in [0.25, 0.3) is 0 Å². The van der Waals surface area contributed by atoms with Gasteiger partial charge in [-0.25, -0.2) is 0 Å². The third-order valence-corrected chi connectivity index (χ3v) is 4.46. The Labute approximate surface area is 127 Å². The zero-order valence-corrected chi connectivity index (χ0v) is 13.7. The molecule has 2 fully saturated rings. The van der Waals surface area contributed by atoms with Gasteiger partial charge in [0.1, 0.15) is 0 Å². The topological polar surface area (TPSA) is 61.4 Å². The van der Waals surface area contributed by atoms with Crippen LogP contribution in [0.5, 0.6) is 0 Å². The van der Waals surface area contributed by atoms with Gasteiger partial charge in [0.15, 0.2) is 0 Å². The molecule has 2 N–H and O–H groups in total. The van der Waals surface area contributed by atoms with Crippen molar-refractivity contribution in [2.75, 3.05) is 13.1 Å². The second-order valence-electron chi connectivity index (χ2n) is 7.63. The predicted octanol–water partition coefficient (Wildman–Crippen LogP) is 1.28. The summed E-state index contributed by atoms with van der Waals surface area (Å²) in [5.41, 5.74) is -0.167. The molecule has 0 aliphatic carbocycles. The highest BCUT2D eigenvalue weighted by molar-refractivity contribution is 5.78. The van der Waals surface area contributed by atoms with Crippen LogP contribution in [0.4, 0.5) is 0 Å². The number of fused-ring (bicyclic) bond motifs is 2. The first-order chi connectivity index (χ1) is 9.74. The monoisotopic (exact) mass is 295 g/mol. The van der Waals surface area contributed by atoms with E-state index in [2.05, 4.69) is 15.5 Å². The van der Waals surface area contributed by atoms with Crippen LogP contribution in [-0.4, -0.2) is 47.4 Å². The molecule has 5 heteroatoms. The molecule has 2 bridgehead atoms. The maximum Gasteiger partial charge on any atom is 0.234 e. The smallest absolute Gasteiger partial charge is 0.234 e. The number of piperidine rings is 1. The molecular weight excluding hydrogens is 266 g/mol. The summed E-state index contributed by atoms with van der Waals surface area (Å²) in [5, 5.41) is 5.98. The number of nitrogens with one attached hydrogen (secondary N) is 2. The first-order valence-electron chi connectivity index (χ1n) is 8.06. The lowest BCUT2D eigenvalue weighted by molar-refractivity contribution is -0.125. The average molecular weight is 295 g/mol. The van der Waals surface area contributed by atoms with Crippen molar-refractivity contribution >= 4 is 11.8 Å². The zero-order chi connectivity index (χ0) is 15.6. The summed E-state index contributed by atoms with van der Waals surface area (Å²) in [7, 11) is 0. The summed E-state index contributed by atoms with van der Waals surface area (Å²) in [6.45, 7) is 8.90. The Hall–Kier alpha value is -1.10. The first-order valence-corrected chi connectivity index (χ1v) is 8.06. The largest absolute Gasteiger partial charge is 0.356 e. The Bertz CT molecular complexity index is 389. The van der Waals surface area contributed by atoms with E-state index in [1.165, 1.54) is 12.8 Å². The van der Waals surface area contributed by atoms with E-state index in [0.29, 0.717) is 24.5 Å². The van der Waals surface area contributed by atoms with Gasteiger partial charge in [0, 0.05) is 31.1 Å². The van der Waals surface area contributed by atoms with E-state index in [9.17, 15) is 9.59 Å². The average Bonchev–Trinajstić information content (AvgIpc) is 2.58. The van der Waals surface area contributed by atoms with E-state index in [4.69, 9.17) is 0 Å². The van der Waals surface area contributed by atoms with Crippen molar-refractivity contribution in [3.8, 4) is 0 Å². The molecule has 2 aliphatic rings. The Morgan fingerprint density at radius 2 is 1.71 bits per heavy atom. The van der Waals surface area contributed by atoms with Crippen LogP contribution in [0.3, 0.4) is 0 Å². The van der Waals surface area contributed by atoms with Crippen LogP contribution in [0.1, 0.15) is 53.4 Å². The number of carbonyl (C=O) groups is 2. The molecule has 5 nitrogen and oxygen atoms in total. The Kier molecular flexibility index (Phi) is 4.91. The molecule has 0 radical (unpaired) electrons. The minimum atomic E-state index is -0.167. The predicted molar refractivity (Wildman–Crippen MR) is 82.8 cm³/mol. The third-order valence-electron chi connectivity index (χ3n) is 4.46. The van der Waals surface area contributed by atoms with Crippen LogP contribution in [0, 0.1) is 5.92 Å². The van der Waals surface area contributed by atoms with Crippen LogP contribution < -0.4 is 10.6 Å². The fourth-order valence-corrected chi connectivity index (χ4v) is 3.72. The van der Waals surface area contributed by atoms with E-state index in [1.54, 1.807) is 6.92 Å². The number of nitrogens with zero attached hydrogens (tertiary/aromatic N) is 1. The standard InChI is InChI=1S/C16H29N3O2/c1-11(20)17-9-12-7-13-5-6-14(8-12)19(13)10-15(21)18-16(2,3)4/h12-14H,5-10H2,1-4H3,(H,17,20)(H,18,21)/t12?,13-,14+. The van der Waals surface area contributed by atoms with Gasteiger partial charge in [0.05, 0.1) is 6.54 Å². The highest BCUT2D eigenvalue weighted by atomic mass is 16.2. The van der Waals surface area contributed by atoms with Gasteiger partial charge in [-0.2, -0.15) is 0 Å². The summed E-state index contributed by atoms with van der Waals surface area (Å²) in [6, 6.07) is 1.02. The number of carbonyl (C=O) groups excluding carboxylic acids is 2. The van der Waals surface area contributed by atoms with E-state index in [-0.39, 0.29) is 17.4 Å². The van der Waals surface area contributed by atoms with Gasteiger partial charge in [-0.05, 0) is 52.4 Å². The molecule has 2 heterocycles. The highest BCUT2D eigenvalue weighted by Gasteiger charge is 2.41. The number of rotatable bonds is 4. The van der Waals surface area contributed by atoms with Crippen LogP contribution >= 0.6 is 0 Å². The van der Waals surface area contributed by atoms with Crippen molar-refractivity contribution in [1.82, 2.24) is 15.5 Å². The molecule has 120 valence electrons. The van der Waals surface area contributed by atoms with Gasteiger partial charge in [-0.15, -0.1) is 0 Å². The molecule has 0 aromatic carbocycles. The molecule has 0 aromatic heterocycles. The Morgan fingerprint density at radius 3 is 2.19 bits per heavy atom. The summed E-state index contributed by atoms with van der Waals surface area (Å²) >= 11 is 0. The molecule has 21 heavy (non-hydrogen) atoms. The number of hydrogen-bond acceptors (Lipinski definition) is 3. The van der Waals surface area contributed by atoms with Gasteiger partial charge < -0.3 is 10.6 Å². The van der Waals surface area contributed by atoms with Gasteiger partial charge in [0.2, 0.25) is 11.8 Å². The van der Waals surface area contributed by atoms with E-state index >= 15 is 0 Å². The molecule has 2 aliphatic heterocycles. The van der Waals surface area contributed by atoms with E-state index < -0.39 is 0 Å². The van der Waals surface area contributed by atoms with Gasteiger partial charge in [-0.1, -0.05) is 0 Å². The fraction of sp³-hybridized carbons (Fsp3) is 0.875. The van der Waals surface area contributed by atoms with Gasteiger partial charge in [-0.3, -0.25) is 14.5 Å². The fourth-order valence-electron chi connectivity index (χ4n) is 3.72. The number of amides is 2. The lowest BCUT2D eigenvalue weighted by atomic mass is 9.90. The Balaban J connectivity index is 1.85. The van der Waals surface area contributed by atoms with Gasteiger partial charge >= 0.3 is 0 Å². The molecular formula is C16H29N3O2. The van der Waals surface area contributed by atoms with E-state index in [1.807, 2.05) is 20.8 Å². The highest BCUT2D eigenvalue weighted by Crippen LogP contribution is 2.38. The molecule has 2 rings (SSSR count). The van der Waals surface area contributed by atoms with Crippen LogP contribution in [0.25, 0.3) is 0 Å². The van der Waals surface area contributed by atoms with Crippen molar-refractivity contribution in [3.63, 3.8) is 0 Å². The Morgan fingerprint density at radius 1 is 1.14 bits per heavy atom. The molecule has 2 saturated heterocycles. The van der Waals surface area contributed by atoms with Crippen molar-refractivity contribution in [3.05, 3.63) is 0 Å². The van der Waals surface area contributed by atoms with Crippen LogP contribution in [0.15, 0.2) is 0 Å². The minimum absolute atomic E-state index is 0.0503. The van der Waals surface area contributed by atoms with Crippen molar-refractivity contribution in [1.29, 1.82) is 0 Å².